The van der Waals surface area contributed by atoms with Crippen molar-refractivity contribution in [3.05, 3.63) is 34.9 Å². The number of aliphatic carboxylic acids is 1. The third-order valence-electron chi connectivity index (χ3n) is 4.86. The minimum absolute atomic E-state index is 0.134. The van der Waals surface area contributed by atoms with Gasteiger partial charge >= 0.3 is 5.97 Å². The van der Waals surface area contributed by atoms with Crippen LogP contribution < -0.4 is 0 Å². The van der Waals surface area contributed by atoms with Gasteiger partial charge in [-0.2, -0.15) is 0 Å². The van der Waals surface area contributed by atoms with Gasteiger partial charge in [-0.1, -0.05) is 29.8 Å². The highest BCUT2D eigenvalue weighted by molar-refractivity contribution is 6.31. The molecule has 0 aliphatic carbocycles. The molecule has 3 rings (SSSR count). The highest BCUT2D eigenvalue weighted by Crippen LogP contribution is 2.44. The molecule has 4 nitrogen and oxygen atoms in total. The van der Waals surface area contributed by atoms with Gasteiger partial charge in [0, 0.05) is 43.3 Å². The van der Waals surface area contributed by atoms with Crippen LogP contribution in [0.25, 0.3) is 0 Å². The Bertz CT molecular complexity index is 528. The Balaban J connectivity index is 1.77. The molecule has 5 heteroatoms. The first-order valence-corrected chi connectivity index (χ1v) is 7.75. The van der Waals surface area contributed by atoms with Gasteiger partial charge < -0.3 is 9.84 Å². The van der Waals surface area contributed by atoms with Crippen molar-refractivity contribution in [3.63, 3.8) is 0 Å². The number of halogens is 1. The Labute approximate surface area is 129 Å². The van der Waals surface area contributed by atoms with Gasteiger partial charge in [0.1, 0.15) is 0 Å². The summed E-state index contributed by atoms with van der Waals surface area (Å²) in [6.45, 7) is 3.47. The van der Waals surface area contributed by atoms with E-state index in [9.17, 15) is 9.90 Å². The first-order valence-electron chi connectivity index (χ1n) is 7.37. The molecule has 2 aliphatic heterocycles. The zero-order chi connectivity index (χ0) is 14.9. The van der Waals surface area contributed by atoms with Gasteiger partial charge in [-0.3, -0.25) is 9.69 Å². The highest BCUT2D eigenvalue weighted by Gasteiger charge is 2.50. The van der Waals surface area contributed by atoms with Crippen molar-refractivity contribution in [2.75, 3.05) is 26.3 Å². The average molecular weight is 310 g/mol. The molecule has 0 amide bonds. The molecule has 0 bridgehead atoms. The first-order chi connectivity index (χ1) is 10.1. The van der Waals surface area contributed by atoms with E-state index in [1.165, 1.54) is 0 Å². The predicted molar refractivity (Wildman–Crippen MR) is 80.3 cm³/mol. The minimum atomic E-state index is -0.682. The number of hydrogen-bond acceptors (Lipinski definition) is 3. The van der Waals surface area contributed by atoms with E-state index in [1.807, 2.05) is 24.3 Å². The summed E-state index contributed by atoms with van der Waals surface area (Å²) in [6.07, 6.45) is 1.67. The van der Waals surface area contributed by atoms with E-state index < -0.39 is 5.97 Å². The Morgan fingerprint density at radius 1 is 1.38 bits per heavy atom. The van der Waals surface area contributed by atoms with E-state index in [-0.39, 0.29) is 11.3 Å². The van der Waals surface area contributed by atoms with E-state index in [1.54, 1.807) is 0 Å². The lowest BCUT2D eigenvalue weighted by molar-refractivity contribution is -0.146. The van der Waals surface area contributed by atoms with E-state index in [2.05, 4.69) is 4.90 Å². The Morgan fingerprint density at radius 2 is 2.10 bits per heavy atom. The summed E-state index contributed by atoms with van der Waals surface area (Å²) in [5.74, 6) is -0.984. The molecule has 1 atom stereocenters. The molecule has 2 aliphatic rings. The fourth-order valence-corrected chi connectivity index (χ4v) is 3.88. The normalized spacial score (nSPS) is 25.3. The molecule has 1 spiro atoms. The third kappa shape index (κ3) is 2.93. The summed E-state index contributed by atoms with van der Waals surface area (Å²) in [6, 6.07) is 7.77. The number of ether oxygens (including phenoxy) is 1. The van der Waals surface area contributed by atoms with Crippen molar-refractivity contribution in [1.82, 2.24) is 4.90 Å². The van der Waals surface area contributed by atoms with Crippen molar-refractivity contribution in [2.24, 2.45) is 11.3 Å². The smallest absolute Gasteiger partial charge is 0.308 e. The van der Waals surface area contributed by atoms with Crippen LogP contribution in [0, 0.1) is 11.3 Å². The van der Waals surface area contributed by atoms with Gasteiger partial charge in [-0.15, -0.1) is 0 Å². The topological polar surface area (TPSA) is 49.8 Å². The standard InChI is InChI=1S/C16H20ClNO3/c17-14-4-2-1-3-12(14)9-18-10-13(15(19)20)16(11-18)5-7-21-8-6-16/h1-4,13H,5-11H2,(H,19,20)/t13-/m0/s1. The molecule has 1 aromatic carbocycles. The van der Waals surface area contributed by atoms with Gasteiger partial charge in [-0.05, 0) is 24.5 Å². The number of benzene rings is 1. The van der Waals surface area contributed by atoms with Gasteiger partial charge in [0.25, 0.3) is 0 Å². The monoisotopic (exact) mass is 309 g/mol. The Morgan fingerprint density at radius 3 is 2.76 bits per heavy atom. The zero-order valence-electron chi connectivity index (χ0n) is 11.9. The van der Waals surface area contributed by atoms with Gasteiger partial charge in [0.2, 0.25) is 0 Å². The van der Waals surface area contributed by atoms with Crippen LogP contribution in [0.2, 0.25) is 5.02 Å². The Kier molecular flexibility index (Phi) is 4.20. The lowest BCUT2D eigenvalue weighted by Gasteiger charge is -2.36. The van der Waals surface area contributed by atoms with Gasteiger partial charge in [0.05, 0.1) is 5.92 Å². The summed E-state index contributed by atoms with van der Waals surface area (Å²) >= 11 is 6.22. The number of carboxylic acid groups (broad SMARTS) is 1. The largest absolute Gasteiger partial charge is 0.481 e. The molecule has 114 valence electrons. The summed E-state index contributed by atoms with van der Waals surface area (Å²) in [7, 11) is 0. The fourth-order valence-electron chi connectivity index (χ4n) is 3.68. The summed E-state index contributed by atoms with van der Waals surface area (Å²) in [5, 5.41) is 10.3. The number of carbonyl (C=O) groups is 1. The molecule has 0 saturated carbocycles. The van der Waals surface area contributed by atoms with Crippen molar-refractivity contribution in [3.8, 4) is 0 Å². The second kappa shape index (κ2) is 5.95. The van der Waals surface area contributed by atoms with Crippen molar-refractivity contribution in [1.29, 1.82) is 0 Å². The predicted octanol–water partition coefficient (Wildman–Crippen LogP) is 2.65. The summed E-state index contributed by atoms with van der Waals surface area (Å²) in [5.41, 5.74) is 0.929. The first kappa shape index (κ1) is 14.8. The molecular formula is C16H20ClNO3. The van der Waals surface area contributed by atoms with Gasteiger partial charge in [0.15, 0.2) is 0 Å². The SMILES string of the molecule is O=C(O)[C@@H]1CN(Cc2ccccc2Cl)CC12CCOCC2. The number of carboxylic acids is 1. The third-order valence-corrected chi connectivity index (χ3v) is 5.23. The fraction of sp³-hybridized carbons (Fsp3) is 0.562. The van der Waals surface area contributed by atoms with Gasteiger partial charge in [-0.25, -0.2) is 0 Å². The molecule has 2 saturated heterocycles. The van der Waals surface area contributed by atoms with E-state index in [0.717, 1.165) is 30.0 Å². The molecule has 1 N–H and O–H groups in total. The van der Waals surface area contributed by atoms with E-state index in [4.69, 9.17) is 16.3 Å². The lowest BCUT2D eigenvalue weighted by atomic mass is 9.72. The van der Waals surface area contributed by atoms with Crippen LogP contribution in [0.1, 0.15) is 18.4 Å². The molecule has 21 heavy (non-hydrogen) atoms. The molecule has 0 unspecified atom stereocenters. The van der Waals surface area contributed by atoms with Crippen LogP contribution in [0.15, 0.2) is 24.3 Å². The number of hydrogen-bond donors (Lipinski definition) is 1. The van der Waals surface area contributed by atoms with E-state index in [0.29, 0.717) is 26.3 Å². The van der Waals surface area contributed by atoms with Crippen molar-refractivity contribution in [2.45, 2.75) is 19.4 Å². The zero-order valence-corrected chi connectivity index (χ0v) is 12.7. The van der Waals surface area contributed by atoms with Crippen LogP contribution in [-0.2, 0) is 16.1 Å². The van der Waals surface area contributed by atoms with Crippen molar-refractivity contribution < 1.29 is 14.6 Å². The van der Waals surface area contributed by atoms with Crippen molar-refractivity contribution >= 4 is 17.6 Å². The number of rotatable bonds is 3. The molecule has 1 aromatic rings. The second-order valence-corrected chi connectivity index (χ2v) is 6.53. The molecule has 2 heterocycles. The summed E-state index contributed by atoms with van der Waals surface area (Å²) < 4.78 is 5.42. The second-order valence-electron chi connectivity index (χ2n) is 6.13. The maximum absolute atomic E-state index is 11.6. The molecule has 2 fully saturated rings. The number of likely N-dealkylation sites (tertiary alicyclic amines) is 1. The average Bonchev–Trinajstić information content (AvgIpc) is 2.80. The van der Waals surface area contributed by atoms with Crippen LogP contribution in [0.3, 0.4) is 0 Å². The maximum atomic E-state index is 11.6. The Hall–Kier alpha value is -1.10. The molecular weight excluding hydrogens is 290 g/mol. The van der Waals surface area contributed by atoms with Crippen LogP contribution >= 0.6 is 11.6 Å². The van der Waals surface area contributed by atoms with Crippen LogP contribution in [0.5, 0.6) is 0 Å². The maximum Gasteiger partial charge on any atom is 0.308 e. The summed E-state index contributed by atoms with van der Waals surface area (Å²) in [4.78, 5) is 13.9. The lowest BCUT2D eigenvalue weighted by Crippen LogP contribution is -2.40. The van der Waals surface area contributed by atoms with E-state index >= 15 is 0 Å². The van der Waals surface area contributed by atoms with Crippen LogP contribution in [-0.4, -0.2) is 42.3 Å². The minimum Gasteiger partial charge on any atom is -0.481 e. The quantitative estimate of drug-likeness (QED) is 0.932. The number of nitrogens with zero attached hydrogens (tertiary/aromatic N) is 1. The molecule has 0 radical (unpaired) electrons. The molecule has 0 aromatic heterocycles. The van der Waals surface area contributed by atoms with Crippen LogP contribution in [0.4, 0.5) is 0 Å². The highest BCUT2D eigenvalue weighted by atomic mass is 35.5.